The predicted molar refractivity (Wildman–Crippen MR) is 133 cm³/mol. The molecule has 0 bridgehead atoms. The molecular weight excluding hydrogens is 426 g/mol. The molecule has 0 radical (unpaired) electrons. The summed E-state index contributed by atoms with van der Waals surface area (Å²) in [4.78, 5) is 26.5. The van der Waals surface area contributed by atoms with Gasteiger partial charge in [-0.25, -0.2) is 9.97 Å². The van der Waals surface area contributed by atoms with Crippen LogP contribution in [-0.2, 0) is 7.05 Å². The van der Waals surface area contributed by atoms with Crippen LogP contribution in [-0.4, -0.2) is 30.6 Å². The fraction of sp³-hybridized carbons (Fsp3) is 0.115. The lowest BCUT2D eigenvalue weighted by molar-refractivity contribution is 0.102. The maximum atomic E-state index is 12.9. The molecule has 0 aliphatic rings. The Balaban J connectivity index is 1.51. The summed E-state index contributed by atoms with van der Waals surface area (Å²) in [7, 11) is 1.84. The minimum absolute atomic E-state index is 0.182. The first-order valence-electron chi connectivity index (χ1n) is 10.8. The van der Waals surface area contributed by atoms with E-state index in [0.717, 1.165) is 33.5 Å². The maximum absolute atomic E-state index is 12.9. The Hall–Kier alpha value is -4.59. The Bertz CT molecular complexity index is 1510. The smallest absolute Gasteiger partial charge is 0.255 e. The molecule has 0 saturated carbocycles. The van der Waals surface area contributed by atoms with Crippen LogP contribution >= 0.6 is 0 Å². The third kappa shape index (κ3) is 4.21. The van der Waals surface area contributed by atoms with E-state index in [0.29, 0.717) is 22.9 Å². The van der Waals surface area contributed by atoms with Crippen molar-refractivity contribution in [3.8, 4) is 11.4 Å². The van der Waals surface area contributed by atoms with Crippen LogP contribution in [0.15, 0.2) is 73.2 Å². The van der Waals surface area contributed by atoms with Gasteiger partial charge in [0.2, 0.25) is 0 Å². The van der Waals surface area contributed by atoms with Gasteiger partial charge in [-0.15, -0.1) is 0 Å². The molecule has 5 rings (SSSR count). The van der Waals surface area contributed by atoms with Crippen molar-refractivity contribution in [3.63, 3.8) is 0 Å². The molecule has 0 fully saturated rings. The number of amides is 1. The van der Waals surface area contributed by atoms with Crippen LogP contribution < -0.4 is 10.6 Å². The van der Waals surface area contributed by atoms with Gasteiger partial charge in [-0.2, -0.15) is 5.10 Å². The number of aryl methyl sites for hydroxylation is 3. The van der Waals surface area contributed by atoms with Gasteiger partial charge in [-0.05, 0) is 61.4 Å². The molecule has 3 heterocycles. The van der Waals surface area contributed by atoms with Crippen LogP contribution in [0.1, 0.15) is 21.5 Å². The van der Waals surface area contributed by atoms with E-state index in [4.69, 9.17) is 4.98 Å². The van der Waals surface area contributed by atoms with Gasteiger partial charge >= 0.3 is 0 Å². The van der Waals surface area contributed by atoms with E-state index in [2.05, 4.69) is 25.7 Å². The maximum Gasteiger partial charge on any atom is 0.255 e. The molecule has 0 aliphatic heterocycles. The van der Waals surface area contributed by atoms with Crippen LogP contribution in [0.25, 0.3) is 22.4 Å². The van der Waals surface area contributed by atoms with Crippen molar-refractivity contribution < 1.29 is 4.79 Å². The van der Waals surface area contributed by atoms with E-state index in [1.165, 1.54) is 0 Å². The number of fused-ring (bicyclic) bond motifs is 1. The molecule has 168 valence electrons. The largest absolute Gasteiger partial charge is 0.339 e. The zero-order chi connectivity index (χ0) is 23.7. The van der Waals surface area contributed by atoms with Crippen molar-refractivity contribution in [3.05, 3.63) is 89.9 Å². The number of aromatic nitrogens is 5. The van der Waals surface area contributed by atoms with Gasteiger partial charge in [-0.3, -0.25) is 14.5 Å². The van der Waals surface area contributed by atoms with E-state index in [1.54, 1.807) is 23.3 Å². The van der Waals surface area contributed by atoms with Gasteiger partial charge < -0.3 is 10.6 Å². The van der Waals surface area contributed by atoms with Crippen LogP contribution in [0.5, 0.6) is 0 Å². The average molecular weight is 450 g/mol. The number of carbonyl (C=O) groups is 1. The van der Waals surface area contributed by atoms with E-state index in [1.807, 2.05) is 75.5 Å². The highest BCUT2D eigenvalue weighted by molar-refractivity contribution is 6.05. The second-order valence-electron chi connectivity index (χ2n) is 8.12. The first kappa shape index (κ1) is 21.3. The summed E-state index contributed by atoms with van der Waals surface area (Å²) < 4.78 is 1.71. The first-order chi connectivity index (χ1) is 16.5. The molecular formula is C26H23N7O. The molecule has 5 aromatic rings. The summed E-state index contributed by atoms with van der Waals surface area (Å²) in [5.41, 5.74) is 5.63. The fourth-order valence-electron chi connectivity index (χ4n) is 3.69. The van der Waals surface area contributed by atoms with Crippen molar-refractivity contribution in [2.24, 2.45) is 7.05 Å². The second-order valence-corrected chi connectivity index (χ2v) is 8.12. The Morgan fingerprint density at radius 2 is 1.85 bits per heavy atom. The highest BCUT2D eigenvalue weighted by Gasteiger charge is 2.15. The summed E-state index contributed by atoms with van der Waals surface area (Å²) in [5, 5.41) is 11.5. The normalized spacial score (nSPS) is 10.9. The number of carbonyl (C=O) groups excluding carboxylic acids is 1. The van der Waals surface area contributed by atoms with E-state index >= 15 is 0 Å². The Morgan fingerprint density at radius 1 is 0.971 bits per heavy atom. The zero-order valence-corrected chi connectivity index (χ0v) is 19.1. The Labute approximate surface area is 196 Å². The average Bonchev–Trinajstić information content (AvgIpc) is 3.22. The lowest BCUT2D eigenvalue weighted by Crippen LogP contribution is -2.12. The van der Waals surface area contributed by atoms with Gasteiger partial charge in [0, 0.05) is 41.9 Å². The van der Waals surface area contributed by atoms with Crippen molar-refractivity contribution in [2.45, 2.75) is 13.8 Å². The third-order valence-corrected chi connectivity index (χ3v) is 5.54. The number of pyridine rings is 1. The molecule has 0 atom stereocenters. The van der Waals surface area contributed by atoms with Crippen molar-refractivity contribution in [1.82, 2.24) is 24.7 Å². The number of hydrogen-bond donors (Lipinski definition) is 2. The highest BCUT2D eigenvalue weighted by atomic mass is 16.1. The van der Waals surface area contributed by atoms with Gasteiger partial charge in [-0.1, -0.05) is 18.2 Å². The van der Waals surface area contributed by atoms with Crippen molar-refractivity contribution in [2.75, 3.05) is 10.6 Å². The summed E-state index contributed by atoms with van der Waals surface area (Å²) in [6.45, 7) is 3.97. The predicted octanol–water partition coefficient (Wildman–Crippen LogP) is 5.04. The number of rotatable bonds is 5. The van der Waals surface area contributed by atoms with Crippen LogP contribution in [0.4, 0.5) is 17.2 Å². The molecule has 0 saturated heterocycles. The quantitative estimate of drug-likeness (QED) is 0.390. The number of nitrogens with one attached hydrogen (secondary N) is 2. The molecule has 0 unspecified atom stereocenters. The monoisotopic (exact) mass is 449 g/mol. The molecule has 0 aliphatic carbocycles. The molecule has 2 aromatic carbocycles. The summed E-state index contributed by atoms with van der Waals surface area (Å²) in [6.07, 6.45) is 5.17. The lowest BCUT2D eigenvalue weighted by Gasteiger charge is -2.13. The zero-order valence-electron chi connectivity index (χ0n) is 19.1. The van der Waals surface area contributed by atoms with E-state index in [9.17, 15) is 4.79 Å². The minimum Gasteiger partial charge on any atom is -0.339 e. The summed E-state index contributed by atoms with van der Waals surface area (Å²) in [6, 6.07) is 17.0. The van der Waals surface area contributed by atoms with Gasteiger partial charge in [0.15, 0.2) is 11.5 Å². The topological polar surface area (TPSA) is 97.6 Å². The fourth-order valence-corrected chi connectivity index (χ4v) is 3.69. The van der Waals surface area contributed by atoms with Gasteiger partial charge in [0.05, 0.1) is 11.6 Å². The SMILES string of the molecule is Cc1cccc(NC(=O)c2ccc(C)c(Nc3nc(-c4cccnc4)nc4c3cnn4C)c2)c1. The molecule has 2 N–H and O–H groups in total. The summed E-state index contributed by atoms with van der Waals surface area (Å²) in [5.74, 6) is 0.966. The first-order valence-corrected chi connectivity index (χ1v) is 10.8. The van der Waals surface area contributed by atoms with Crippen molar-refractivity contribution in [1.29, 1.82) is 0 Å². The Kier molecular flexibility index (Phi) is 5.47. The van der Waals surface area contributed by atoms with E-state index in [-0.39, 0.29) is 5.91 Å². The molecule has 8 heteroatoms. The summed E-state index contributed by atoms with van der Waals surface area (Å²) >= 11 is 0. The molecule has 1 amide bonds. The Morgan fingerprint density at radius 3 is 2.65 bits per heavy atom. The standard InChI is InChI=1S/C26H23N7O/c1-16-6-4-8-20(12-16)29-26(34)18-10-9-17(2)22(13-18)30-24-21-15-28-33(3)25(21)32-23(31-24)19-7-5-11-27-14-19/h4-15H,1-3H3,(H,29,34)(H,30,31,32). The van der Waals surface area contributed by atoms with E-state index < -0.39 is 0 Å². The molecule has 0 spiro atoms. The third-order valence-electron chi connectivity index (χ3n) is 5.54. The van der Waals surface area contributed by atoms with Gasteiger partial charge in [0.25, 0.3) is 5.91 Å². The molecule has 3 aromatic heterocycles. The number of nitrogens with zero attached hydrogens (tertiary/aromatic N) is 5. The minimum atomic E-state index is -0.182. The van der Waals surface area contributed by atoms with Crippen LogP contribution in [0, 0.1) is 13.8 Å². The molecule has 8 nitrogen and oxygen atoms in total. The highest BCUT2D eigenvalue weighted by Crippen LogP contribution is 2.29. The van der Waals surface area contributed by atoms with Crippen molar-refractivity contribution >= 4 is 34.1 Å². The lowest BCUT2D eigenvalue weighted by atomic mass is 10.1. The second kappa shape index (κ2) is 8.74. The van der Waals surface area contributed by atoms with Gasteiger partial charge in [0.1, 0.15) is 5.82 Å². The number of anilines is 3. The molecule has 34 heavy (non-hydrogen) atoms. The number of benzene rings is 2. The van der Waals surface area contributed by atoms with Crippen LogP contribution in [0.2, 0.25) is 0 Å². The van der Waals surface area contributed by atoms with Crippen LogP contribution in [0.3, 0.4) is 0 Å². The number of hydrogen-bond acceptors (Lipinski definition) is 6.